The maximum atomic E-state index is 11.8. The number of amides is 2. The average Bonchev–Trinajstić information content (AvgIpc) is 2.38. The standard InChI is InChI=1S/C14H20N2O3/c1-3-7-10-8-5-6-9-12(10)16-14(19)15-11(4-2)13(17)18/h5-6,8-9,11H,3-4,7H2,1-2H3,(H,17,18)(H2,15,16,19)/t11-/m0/s1. The summed E-state index contributed by atoms with van der Waals surface area (Å²) >= 11 is 0. The number of aryl methyl sites for hydroxylation is 1. The predicted molar refractivity (Wildman–Crippen MR) is 74.3 cm³/mol. The lowest BCUT2D eigenvalue weighted by molar-refractivity contribution is -0.139. The van der Waals surface area contributed by atoms with E-state index in [0.717, 1.165) is 24.1 Å². The summed E-state index contributed by atoms with van der Waals surface area (Å²) in [6.07, 6.45) is 2.19. The molecule has 1 aromatic carbocycles. The van der Waals surface area contributed by atoms with Gasteiger partial charge in [0.05, 0.1) is 0 Å². The number of para-hydroxylation sites is 1. The first-order chi connectivity index (χ1) is 9.08. The third kappa shape index (κ3) is 4.62. The summed E-state index contributed by atoms with van der Waals surface area (Å²) in [5.74, 6) is -1.03. The number of carbonyl (C=O) groups is 2. The van der Waals surface area contributed by atoms with Gasteiger partial charge < -0.3 is 15.7 Å². The minimum absolute atomic E-state index is 0.347. The smallest absolute Gasteiger partial charge is 0.326 e. The van der Waals surface area contributed by atoms with Crippen LogP contribution in [0.1, 0.15) is 32.3 Å². The summed E-state index contributed by atoms with van der Waals surface area (Å²) in [6.45, 7) is 3.78. The van der Waals surface area contributed by atoms with E-state index in [1.807, 2.05) is 24.3 Å². The van der Waals surface area contributed by atoms with Crippen LogP contribution in [-0.4, -0.2) is 23.1 Å². The summed E-state index contributed by atoms with van der Waals surface area (Å²) in [5.41, 5.74) is 1.77. The van der Waals surface area contributed by atoms with Crippen LogP contribution in [0.3, 0.4) is 0 Å². The number of hydrogen-bond acceptors (Lipinski definition) is 2. The van der Waals surface area contributed by atoms with E-state index in [1.165, 1.54) is 0 Å². The Morgan fingerprint density at radius 1 is 1.26 bits per heavy atom. The number of anilines is 1. The van der Waals surface area contributed by atoms with Gasteiger partial charge in [-0.1, -0.05) is 38.5 Å². The van der Waals surface area contributed by atoms with Gasteiger partial charge >= 0.3 is 12.0 Å². The molecule has 0 unspecified atom stereocenters. The van der Waals surface area contributed by atoms with Gasteiger partial charge in [-0.3, -0.25) is 0 Å². The van der Waals surface area contributed by atoms with Crippen LogP contribution < -0.4 is 10.6 Å². The van der Waals surface area contributed by atoms with Crippen molar-refractivity contribution in [1.29, 1.82) is 0 Å². The zero-order valence-corrected chi connectivity index (χ0v) is 11.3. The van der Waals surface area contributed by atoms with Crippen LogP contribution >= 0.6 is 0 Å². The Morgan fingerprint density at radius 3 is 2.53 bits per heavy atom. The molecule has 5 nitrogen and oxygen atoms in total. The van der Waals surface area contributed by atoms with E-state index in [1.54, 1.807) is 6.92 Å². The molecule has 0 aliphatic rings. The number of aliphatic carboxylic acids is 1. The maximum Gasteiger partial charge on any atom is 0.326 e. The number of carboxylic acids is 1. The van der Waals surface area contributed by atoms with Crippen molar-refractivity contribution in [1.82, 2.24) is 5.32 Å². The summed E-state index contributed by atoms with van der Waals surface area (Å²) in [6, 6.07) is 6.17. The molecular formula is C14H20N2O3. The van der Waals surface area contributed by atoms with Gasteiger partial charge in [0.1, 0.15) is 6.04 Å². The highest BCUT2D eigenvalue weighted by atomic mass is 16.4. The number of carboxylic acid groups (broad SMARTS) is 1. The zero-order chi connectivity index (χ0) is 14.3. The molecule has 0 radical (unpaired) electrons. The number of rotatable bonds is 6. The Morgan fingerprint density at radius 2 is 1.95 bits per heavy atom. The van der Waals surface area contributed by atoms with E-state index in [4.69, 9.17) is 5.11 Å². The monoisotopic (exact) mass is 264 g/mol. The summed E-state index contributed by atoms with van der Waals surface area (Å²) in [7, 11) is 0. The van der Waals surface area contributed by atoms with Crippen molar-refractivity contribution in [3.8, 4) is 0 Å². The number of hydrogen-bond donors (Lipinski definition) is 3. The van der Waals surface area contributed by atoms with Gasteiger partial charge in [0.2, 0.25) is 0 Å². The van der Waals surface area contributed by atoms with E-state index in [9.17, 15) is 9.59 Å². The molecule has 0 fully saturated rings. The van der Waals surface area contributed by atoms with Gasteiger partial charge in [0.25, 0.3) is 0 Å². The van der Waals surface area contributed by atoms with Gasteiger partial charge in [0, 0.05) is 5.69 Å². The Hall–Kier alpha value is -2.04. The average molecular weight is 264 g/mol. The number of urea groups is 1. The lowest BCUT2D eigenvalue weighted by Gasteiger charge is -2.15. The fraction of sp³-hybridized carbons (Fsp3) is 0.429. The summed E-state index contributed by atoms with van der Waals surface area (Å²) in [4.78, 5) is 22.6. The van der Waals surface area contributed by atoms with E-state index in [-0.39, 0.29) is 0 Å². The van der Waals surface area contributed by atoms with Crippen LogP contribution in [0.2, 0.25) is 0 Å². The van der Waals surface area contributed by atoms with Crippen LogP contribution in [0, 0.1) is 0 Å². The molecule has 0 saturated carbocycles. The highest BCUT2D eigenvalue weighted by molar-refractivity contribution is 5.92. The SMILES string of the molecule is CCCc1ccccc1NC(=O)N[C@@H](CC)C(=O)O. The van der Waals surface area contributed by atoms with E-state index in [0.29, 0.717) is 6.42 Å². The van der Waals surface area contributed by atoms with Crippen molar-refractivity contribution in [3.63, 3.8) is 0 Å². The fourth-order valence-electron chi connectivity index (χ4n) is 1.78. The molecule has 2 amide bonds. The Kier molecular flexibility index (Phi) is 5.85. The predicted octanol–water partition coefficient (Wildman–Crippen LogP) is 2.62. The van der Waals surface area contributed by atoms with Crippen LogP contribution in [-0.2, 0) is 11.2 Å². The largest absolute Gasteiger partial charge is 0.480 e. The maximum absolute atomic E-state index is 11.8. The topological polar surface area (TPSA) is 78.4 Å². The Labute approximate surface area is 113 Å². The first kappa shape index (κ1) is 15.0. The van der Waals surface area contributed by atoms with Crippen molar-refractivity contribution in [3.05, 3.63) is 29.8 Å². The van der Waals surface area contributed by atoms with Crippen molar-refractivity contribution in [2.75, 3.05) is 5.32 Å². The lowest BCUT2D eigenvalue weighted by atomic mass is 10.1. The number of nitrogens with one attached hydrogen (secondary N) is 2. The second-order valence-corrected chi connectivity index (χ2v) is 4.30. The second kappa shape index (κ2) is 7.41. The van der Waals surface area contributed by atoms with Crippen LogP contribution in [0.25, 0.3) is 0 Å². The normalized spacial score (nSPS) is 11.7. The van der Waals surface area contributed by atoms with Gasteiger partial charge in [-0.15, -0.1) is 0 Å². The van der Waals surface area contributed by atoms with Crippen LogP contribution in [0.15, 0.2) is 24.3 Å². The molecule has 0 aliphatic carbocycles. The quantitative estimate of drug-likeness (QED) is 0.739. The number of benzene rings is 1. The molecule has 0 aliphatic heterocycles. The third-order valence-corrected chi connectivity index (χ3v) is 2.80. The molecular weight excluding hydrogens is 244 g/mol. The molecule has 1 rings (SSSR count). The molecule has 5 heteroatoms. The summed E-state index contributed by atoms with van der Waals surface area (Å²) < 4.78 is 0. The highest BCUT2D eigenvalue weighted by Crippen LogP contribution is 2.16. The van der Waals surface area contributed by atoms with Gasteiger partial charge in [-0.2, -0.15) is 0 Å². The van der Waals surface area contributed by atoms with Crippen LogP contribution in [0.5, 0.6) is 0 Å². The van der Waals surface area contributed by atoms with E-state index >= 15 is 0 Å². The number of carbonyl (C=O) groups excluding carboxylic acids is 1. The van der Waals surface area contributed by atoms with Gasteiger partial charge in [0.15, 0.2) is 0 Å². The molecule has 0 heterocycles. The fourth-order valence-corrected chi connectivity index (χ4v) is 1.78. The van der Waals surface area contributed by atoms with E-state index in [2.05, 4.69) is 17.6 Å². The molecule has 19 heavy (non-hydrogen) atoms. The Balaban J connectivity index is 2.69. The molecule has 0 spiro atoms. The van der Waals surface area contributed by atoms with Gasteiger partial charge in [-0.05, 0) is 24.5 Å². The molecule has 0 bridgehead atoms. The highest BCUT2D eigenvalue weighted by Gasteiger charge is 2.17. The van der Waals surface area contributed by atoms with E-state index < -0.39 is 18.0 Å². The molecule has 0 aromatic heterocycles. The first-order valence-electron chi connectivity index (χ1n) is 6.46. The second-order valence-electron chi connectivity index (χ2n) is 4.30. The van der Waals surface area contributed by atoms with Crippen molar-refractivity contribution in [2.45, 2.75) is 39.2 Å². The Bertz CT molecular complexity index is 446. The van der Waals surface area contributed by atoms with Crippen molar-refractivity contribution >= 4 is 17.7 Å². The molecule has 1 atom stereocenters. The molecule has 3 N–H and O–H groups in total. The van der Waals surface area contributed by atoms with Crippen molar-refractivity contribution < 1.29 is 14.7 Å². The first-order valence-corrected chi connectivity index (χ1v) is 6.46. The minimum Gasteiger partial charge on any atom is -0.480 e. The van der Waals surface area contributed by atoms with Gasteiger partial charge in [-0.25, -0.2) is 9.59 Å². The zero-order valence-electron chi connectivity index (χ0n) is 11.3. The third-order valence-electron chi connectivity index (χ3n) is 2.80. The lowest BCUT2D eigenvalue weighted by Crippen LogP contribution is -2.42. The molecule has 1 aromatic rings. The van der Waals surface area contributed by atoms with Crippen molar-refractivity contribution in [2.24, 2.45) is 0 Å². The molecule has 104 valence electrons. The summed E-state index contributed by atoms with van der Waals surface area (Å²) in [5, 5.41) is 14.0. The minimum atomic E-state index is -1.03. The van der Waals surface area contributed by atoms with Crippen LogP contribution in [0.4, 0.5) is 10.5 Å². The molecule has 0 saturated heterocycles.